The summed E-state index contributed by atoms with van der Waals surface area (Å²) < 4.78 is 45.5. The smallest absolute Gasteiger partial charge is 0.416 e. The highest BCUT2D eigenvalue weighted by Crippen LogP contribution is 2.63. The molecule has 2 aromatic carbocycles. The zero-order valence-corrected chi connectivity index (χ0v) is 20.6. The third kappa shape index (κ3) is 3.20. The molecule has 1 saturated heterocycles. The minimum atomic E-state index is -4.54. The highest BCUT2D eigenvalue weighted by molar-refractivity contribution is 6.19. The quantitative estimate of drug-likeness (QED) is 0.454. The lowest BCUT2D eigenvalue weighted by molar-refractivity contribution is -0.137. The standard InChI is InChI=1S/C29H24F3NO5/c1-28-19(24(34)22-16(25(28)35)4-3-5-20(22)38-2)12-18-15(10-11-17-21(18)27(37)33-26(17)36)23(28)13-6-8-14(9-7-13)29(30,31)32/h3-10,17-19,21,23H,11-12H2,1-2H3,(H,33,36,37)/t17-,18+,19-,21-,23-,28+/m0/s1. The number of nitrogens with one attached hydrogen (secondary N) is 1. The molecule has 0 spiro atoms. The van der Waals surface area contributed by atoms with Gasteiger partial charge in [-0.2, -0.15) is 13.2 Å². The zero-order valence-electron chi connectivity index (χ0n) is 20.6. The predicted octanol–water partition coefficient (Wildman–Crippen LogP) is 4.74. The van der Waals surface area contributed by atoms with E-state index < -0.39 is 52.7 Å². The first-order valence-electron chi connectivity index (χ1n) is 12.5. The molecule has 1 N–H and O–H groups in total. The van der Waals surface area contributed by atoms with Gasteiger partial charge in [-0.15, -0.1) is 0 Å². The Hall–Kier alpha value is -3.75. The van der Waals surface area contributed by atoms with Crippen LogP contribution < -0.4 is 10.1 Å². The van der Waals surface area contributed by atoms with E-state index in [1.165, 1.54) is 19.2 Å². The van der Waals surface area contributed by atoms with E-state index >= 15 is 0 Å². The van der Waals surface area contributed by atoms with Crippen molar-refractivity contribution in [3.8, 4) is 5.75 Å². The topological polar surface area (TPSA) is 89.5 Å². The maximum Gasteiger partial charge on any atom is 0.416 e. The van der Waals surface area contributed by atoms with E-state index in [2.05, 4.69) is 5.32 Å². The number of rotatable bonds is 2. The van der Waals surface area contributed by atoms with Gasteiger partial charge in [0.1, 0.15) is 5.75 Å². The highest BCUT2D eigenvalue weighted by Gasteiger charge is 2.63. The van der Waals surface area contributed by atoms with Crippen LogP contribution in [0.3, 0.4) is 0 Å². The Balaban J connectivity index is 1.57. The van der Waals surface area contributed by atoms with Crippen molar-refractivity contribution in [3.05, 3.63) is 76.4 Å². The van der Waals surface area contributed by atoms with Crippen molar-refractivity contribution in [1.82, 2.24) is 5.32 Å². The molecule has 6 nitrogen and oxygen atoms in total. The van der Waals surface area contributed by atoms with Gasteiger partial charge in [-0.05, 0) is 42.5 Å². The molecule has 2 aromatic rings. The lowest BCUT2D eigenvalue weighted by Crippen LogP contribution is -2.55. The fourth-order valence-corrected chi connectivity index (χ4v) is 7.32. The normalized spacial score (nSPS) is 32.0. The van der Waals surface area contributed by atoms with Crippen LogP contribution in [0.15, 0.2) is 54.1 Å². The van der Waals surface area contributed by atoms with Gasteiger partial charge in [0.15, 0.2) is 11.6 Å². The molecule has 0 bridgehead atoms. The molecule has 1 heterocycles. The van der Waals surface area contributed by atoms with Crippen LogP contribution in [0.2, 0.25) is 0 Å². The second-order valence-corrected chi connectivity index (χ2v) is 10.7. The molecule has 4 aliphatic rings. The van der Waals surface area contributed by atoms with Crippen molar-refractivity contribution >= 4 is 23.4 Å². The van der Waals surface area contributed by atoms with Gasteiger partial charge in [-0.3, -0.25) is 24.5 Å². The van der Waals surface area contributed by atoms with Crippen molar-refractivity contribution in [3.63, 3.8) is 0 Å². The molecule has 9 heteroatoms. The summed E-state index contributed by atoms with van der Waals surface area (Å²) in [5, 5.41) is 2.40. The molecule has 1 aliphatic heterocycles. The number of ether oxygens (including phenoxy) is 1. The number of methoxy groups -OCH3 is 1. The highest BCUT2D eigenvalue weighted by atomic mass is 19.4. The van der Waals surface area contributed by atoms with Gasteiger partial charge in [0.05, 0.1) is 35.5 Å². The van der Waals surface area contributed by atoms with Crippen molar-refractivity contribution in [1.29, 1.82) is 0 Å². The number of hydrogen-bond acceptors (Lipinski definition) is 5. The number of carbonyl (C=O) groups is 4. The van der Waals surface area contributed by atoms with Gasteiger partial charge < -0.3 is 4.74 Å². The lowest BCUT2D eigenvalue weighted by Gasteiger charge is -2.54. The Morgan fingerprint density at radius 1 is 0.974 bits per heavy atom. The molecule has 196 valence electrons. The van der Waals surface area contributed by atoms with Crippen molar-refractivity contribution < 1.29 is 37.1 Å². The summed E-state index contributed by atoms with van der Waals surface area (Å²) in [7, 11) is 1.41. The van der Waals surface area contributed by atoms with Crippen LogP contribution in [-0.4, -0.2) is 30.5 Å². The van der Waals surface area contributed by atoms with E-state index in [1.54, 1.807) is 25.1 Å². The summed E-state index contributed by atoms with van der Waals surface area (Å²) in [6.45, 7) is 1.70. The average Bonchev–Trinajstić information content (AvgIpc) is 3.19. The molecule has 1 saturated carbocycles. The fraction of sp³-hybridized carbons (Fsp3) is 0.379. The van der Waals surface area contributed by atoms with E-state index in [9.17, 15) is 32.3 Å². The molecule has 6 rings (SSSR count). The first-order valence-corrected chi connectivity index (χ1v) is 12.5. The summed E-state index contributed by atoms with van der Waals surface area (Å²) in [5.41, 5.74) is -0.564. The second kappa shape index (κ2) is 8.12. The molecule has 0 radical (unpaired) electrons. The SMILES string of the molecule is COc1cccc2c1C(=O)[C@@H]1C[C@@H]3C(=CC[C@@H]4C(=O)NC(=O)[C@@H]43)[C@H](c3ccc(C(F)(F)F)cc3)[C@]1(C)C2=O. The van der Waals surface area contributed by atoms with Gasteiger partial charge in [-0.1, -0.05) is 42.8 Å². The molecule has 0 unspecified atom stereocenters. The number of imide groups is 1. The molecular formula is C29H24F3NO5. The number of fused-ring (bicyclic) bond motifs is 5. The second-order valence-electron chi connectivity index (χ2n) is 10.7. The maximum atomic E-state index is 14.3. The van der Waals surface area contributed by atoms with E-state index in [4.69, 9.17) is 4.74 Å². The number of halogens is 3. The number of benzene rings is 2. The zero-order chi connectivity index (χ0) is 27.1. The van der Waals surface area contributed by atoms with Gasteiger partial charge in [0, 0.05) is 17.4 Å². The van der Waals surface area contributed by atoms with Crippen molar-refractivity contribution in [2.75, 3.05) is 7.11 Å². The van der Waals surface area contributed by atoms with E-state index in [1.807, 2.05) is 6.08 Å². The van der Waals surface area contributed by atoms with E-state index in [0.29, 0.717) is 5.56 Å². The molecule has 2 amide bonds. The number of ketones is 2. The summed E-state index contributed by atoms with van der Waals surface area (Å²) in [5.74, 6) is -4.54. The summed E-state index contributed by atoms with van der Waals surface area (Å²) in [4.78, 5) is 53.7. The number of amides is 2. The van der Waals surface area contributed by atoms with Gasteiger partial charge in [0.25, 0.3) is 0 Å². The van der Waals surface area contributed by atoms with Gasteiger partial charge in [-0.25, -0.2) is 0 Å². The Morgan fingerprint density at radius 2 is 1.68 bits per heavy atom. The largest absolute Gasteiger partial charge is 0.496 e. The third-order valence-corrected chi connectivity index (χ3v) is 9.05. The average molecular weight is 524 g/mol. The van der Waals surface area contributed by atoms with Crippen LogP contribution >= 0.6 is 0 Å². The summed E-state index contributed by atoms with van der Waals surface area (Å²) in [6, 6.07) is 9.46. The first kappa shape index (κ1) is 24.6. The Labute approximate surface area is 216 Å². The molecule has 2 fully saturated rings. The summed E-state index contributed by atoms with van der Waals surface area (Å²) in [6.07, 6.45) is -2.24. The van der Waals surface area contributed by atoms with Crippen LogP contribution in [0.4, 0.5) is 13.2 Å². The Morgan fingerprint density at radius 3 is 2.34 bits per heavy atom. The Kier molecular flexibility index (Phi) is 5.25. The number of carbonyl (C=O) groups excluding carboxylic acids is 4. The van der Waals surface area contributed by atoms with Crippen LogP contribution in [-0.2, 0) is 15.8 Å². The van der Waals surface area contributed by atoms with Crippen LogP contribution in [0, 0.1) is 29.1 Å². The lowest BCUT2D eigenvalue weighted by atomic mass is 9.46. The first-order chi connectivity index (χ1) is 18.0. The van der Waals surface area contributed by atoms with Gasteiger partial charge >= 0.3 is 6.18 Å². The molecular weight excluding hydrogens is 499 g/mol. The van der Waals surface area contributed by atoms with Gasteiger partial charge in [0.2, 0.25) is 11.8 Å². The minimum absolute atomic E-state index is 0.170. The molecule has 3 aliphatic carbocycles. The molecule has 6 atom stereocenters. The van der Waals surface area contributed by atoms with E-state index in [-0.39, 0.29) is 47.2 Å². The van der Waals surface area contributed by atoms with Crippen LogP contribution in [0.5, 0.6) is 5.75 Å². The maximum absolute atomic E-state index is 14.3. The molecule has 0 aromatic heterocycles. The predicted molar refractivity (Wildman–Crippen MR) is 128 cm³/mol. The third-order valence-electron chi connectivity index (χ3n) is 9.05. The minimum Gasteiger partial charge on any atom is -0.496 e. The number of Topliss-reactive ketones (excluding diaryl/α,β-unsaturated/α-hetero) is 2. The van der Waals surface area contributed by atoms with Crippen molar-refractivity contribution in [2.24, 2.45) is 29.1 Å². The van der Waals surface area contributed by atoms with Crippen LogP contribution in [0.1, 0.15) is 57.5 Å². The van der Waals surface area contributed by atoms with Crippen molar-refractivity contribution in [2.45, 2.75) is 31.9 Å². The summed E-state index contributed by atoms with van der Waals surface area (Å²) >= 11 is 0. The van der Waals surface area contributed by atoms with Crippen LogP contribution in [0.25, 0.3) is 0 Å². The number of hydrogen-bond donors (Lipinski definition) is 1. The fourth-order valence-electron chi connectivity index (χ4n) is 7.32. The Bertz CT molecular complexity index is 1440. The number of allylic oxidation sites excluding steroid dienone is 2. The van der Waals surface area contributed by atoms with E-state index in [0.717, 1.165) is 17.7 Å². The monoisotopic (exact) mass is 523 g/mol. The molecule has 38 heavy (non-hydrogen) atoms. The number of alkyl halides is 3.